The van der Waals surface area contributed by atoms with E-state index in [-0.39, 0.29) is 11.8 Å². The van der Waals surface area contributed by atoms with Crippen LogP contribution >= 0.6 is 0 Å². The lowest BCUT2D eigenvalue weighted by Gasteiger charge is -2.14. The van der Waals surface area contributed by atoms with E-state index in [1.54, 1.807) is 12.3 Å². The van der Waals surface area contributed by atoms with Gasteiger partial charge in [-0.1, -0.05) is 12.1 Å². The molecule has 0 unspecified atom stereocenters. The van der Waals surface area contributed by atoms with E-state index in [2.05, 4.69) is 30.5 Å². The van der Waals surface area contributed by atoms with E-state index in [9.17, 15) is 13.2 Å². The Kier molecular flexibility index (Phi) is 5.57. The van der Waals surface area contributed by atoms with Gasteiger partial charge in [-0.25, -0.2) is 0 Å². The van der Waals surface area contributed by atoms with Gasteiger partial charge in [0.2, 0.25) is 5.95 Å². The van der Waals surface area contributed by atoms with E-state index in [1.807, 2.05) is 24.3 Å². The SMILES string of the molecule is FC(F)(F)CNc1nc(Nc2ccc(CCN3CCCC3)cc2)nc2[nH]ccc12. The normalized spacial score (nSPS) is 15.1. The van der Waals surface area contributed by atoms with Crippen LogP contribution in [0, 0.1) is 0 Å². The lowest BCUT2D eigenvalue weighted by Crippen LogP contribution is -2.22. The first-order valence-electron chi connectivity index (χ1n) is 9.70. The molecule has 0 amide bonds. The second kappa shape index (κ2) is 8.28. The van der Waals surface area contributed by atoms with Crippen molar-refractivity contribution in [3.05, 3.63) is 42.1 Å². The summed E-state index contributed by atoms with van der Waals surface area (Å²) in [6.07, 6.45) is 0.863. The Labute approximate surface area is 166 Å². The maximum absolute atomic E-state index is 12.6. The van der Waals surface area contributed by atoms with E-state index in [1.165, 1.54) is 31.5 Å². The zero-order chi connectivity index (χ0) is 20.3. The lowest BCUT2D eigenvalue weighted by molar-refractivity contribution is -0.115. The summed E-state index contributed by atoms with van der Waals surface area (Å²) in [6.45, 7) is 2.27. The molecule has 1 aliphatic heterocycles. The van der Waals surface area contributed by atoms with E-state index >= 15 is 0 Å². The number of nitrogens with zero attached hydrogens (tertiary/aromatic N) is 3. The van der Waals surface area contributed by atoms with Crippen molar-refractivity contribution in [2.24, 2.45) is 0 Å². The second-order valence-electron chi connectivity index (χ2n) is 7.23. The van der Waals surface area contributed by atoms with Gasteiger partial charge < -0.3 is 20.5 Å². The third-order valence-electron chi connectivity index (χ3n) is 5.00. The molecular weight excluding hydrogens is 381 g/mol. The third-order valence-corrected chi connectivity index (χ3v) is 5.00. The van der Waals surface area contributed by atoms with Crippen molar-refractivity contribution in [2.45, 2.75) is 25.4 Å². The van der Waals surface area contributed by atoms with Crippen molar-refractivity contribution in [1.29, 1.82) is 0 Å². The number of likely N-dealkylation sites (tertiary alicyclic amines) is 1. The Balaban J connectivity index is 1.44. The van der Waals surface area contributed by atoms with Crippen LogP contribution in [-0.2, 0) is 6.42 Å². The average molecular weight is 404 g/mol. The van der Waals surface area contributed by atoms with Crippen molar-refractivity contribution >= 4 is 28.5 Å². The summed E-state index contributed by atoms with van der Waals surface area (Å²) in [5.41, 5.74) is 2.49. The van der Waals surface area contributed by atoms with Gasteiger partial charge in [0, 0.05) is 18.4 Å². The molecule has 29 heavy (non-hydrogen) atoms. The van der Waals surface area contributed by atoms with Gasteiger partial charge in [-0.05, 0) is 56.1 Å². The summed E-state index contributed by atoms with van der Waals surface area (Å²) in [5.74, 6) is 0.368. The molecule has 0 bridgehead atoms. The Morgan fingerprint density at radius 3 is 2.52 bits per heavy atom. The first-order chi connectivity index (χ1) is 14.0. The van der Waals surface area contributed by atoms with Crippen molar-refractivity contribution < 1.29 is 13.2 Å². The maximum atomic E-state index is 12.6. The number of hydrogen-bond acceptors (Lipinski definition) is 5. The quantitative estimate of drug-likeness (QED) is 0.547. The van der Waals surface area contributed by atoms with Crippen LogP contribution in [0.5, 0.6) is 0 Å². The number of fused-ring (bicyclic) bond motifs is 1. The van der Waals surface area contributed by atoms with Gasteiger partial charge in [0.15, 0.2) is 0 Å². The highest BCUT2D eigenvalue weighted by Gasteiger charge is 2.27. The minimum absolute atomic E-state index is 0.137. The smallest absolute Gasteiger partial charge is 0.360 e. The van der Waals surface area contributed by atoms with Crippen LogP contribution in [0.3, 0.4) is 0 Å². The van der Waals surface area contributed by atoms with E-state index in [0.29, 0.717) is 11.0 Å². The lowest BCUT2D eigenvalue weighted by atomic mass is 10.1. The summed E-state index contributed by atoms with van der Waals surface area (Å²) >= 11 is 0. The highest BCUT2D eigenvalue weighted by Crippen LogP contribution is 2.25. The minimum atomic E-state index is -4.33. The number of nitrogens with one attached hydrogen (secondary N) is 3. The molecule has 0 spiro atoms. The van der Waals surface area contributed by atoms with Crippen LogP contribution in [0.25, 0.3) is 11.0 Å². The van der Waals surface area contributed by atoms with Crippen LogP contribution in [0.2, 0.25) is 0 Å². The van der Waals surface area contributed by atoms with Crippen molar-refractivity contribution in [2.75, 3.05) is 36.8 Å². The van der Waals surface area contributed by atoms with Gasteiger partial charge in [-0.15, -0.1) is 0 Å². The third kappa shape index (κ3) is 5.17. The predicted molar refractivity (Wildman–Crippen MR) is 108 cm³/mol. The number of benzene rings is 1. The molecule has 154 valence electrons. The summed E-state index contributed by atoms with van der Waals surface area (Å²) in [5, 5.41) is 5.94. The first kappa shape index (κ1) is 19.5. The number of rotatable bonds is 7. The Bertz CT molecular complexity index is 945. The summed E-state index contributed by atoms with van der Waals surface area (Å²) in [6, 6.07) is 9.62. The molecule has 0 aliphatic carbocycles. The Morgan fingerprint density at radius 1 is 1.03 bits per heavy atom. The molecule has 3 aromatic rings. The van der Waals surface area contributed by atoms with Gasteiger partial charge >= 0.3 is 6.18 Å². The first-order valence-corrected chi connectivity index (χ1v) is 9.70. The Morgan fingerprint density at radius 2 is 1.79 bits per heavy atom. The fraction of sp³-hybridized carbons (Fsp3) is 0.400. The second-order valence-corrected chi connectivity index (χ2v) is 7.23. The molecule has 2 aromatic heterocycles. The summed E-state index contributed by atoms with van der Waals surface area (Å²) < 4.78 is 37.7. The molecule has 0 atom stereocenters. The molecule has 4 rings (SSSR count). The molecule has 3 N–H and O–H groups in total. The van der Waals surface area contributed by atoms with Gasteiger partial charge in [0.05, 0.1) is 5.39 Å². The fourth-order valence-corrected chi connectivity index (χ4v) is 3.49. The predicted octanol–water partition coefficient (Wildman–Crippen LogP) is 4.31. The van der Waals surface area contributed by atoms with Crippen LogP contribution < -0.4 is 10.6 Å². The van der Waals surface area contributed by atoms with E-state index in [0.717, 1.165) is 18.7 Å². The molecule has 1 fully saturated rings. The standard InChI is InChI=1S/C20H23F3N6/c21-20(22,23)13-25-18-16-7-9-24-17(16)27-19(28-18)26-15-5-3-14(4-6-15)8-12-29-10-1-2-11-29/h3-7,9H,1-2,8,10-13H2,(H3,24,25,26,27,28). The van der Waals surface area contributed by atoms with Crippen LogP contribution in [-0.4, -0.2) is 52.2 Å². The van der Waals surface area contributed by atoms with Crippen molar-refractivity contribution in [1.82, 2.24) is 19.9 Å². The molecule has 3 heterocycles. The molecule has 9 heteroatoms. The summed E-state index contributed by atoms with van der Waals surface area (Å²) in [7, 11) is 0. The number of halogens is 3. The number of aromatic amines is 1. The van der Waals surface area contributed by atoms with Crippen molar-refractivity contribution in [3.63, 3.8) is 0 Å². The Hall–Kier alpha value is -2.81. The molecule has 1 aromatic carbocycles. The van der Waals surface area contributed by atoms with Gasteiger partial charge in [-0.2, -0.15) is 23.1 Å². The van der Waals surface area contributed by atoms with Gasteiger partial charge in [-0.3, -0.25) is 0 Å². The molecule has 1 saturated heterocycles. The van der Waals surface area contributed by atoms with Crippen LogP contribution in [0.4, 0.5) is 30.6 Å². The largest absolute Gasteiger partial charge is 0.405 e. The molecular formula is C20H23F3N6. The van der Waals surface area contributed by atoms with E-state index < -0.39 is 12.7 Å². The fourth-order valence-electron chi connectivity index (χ4n) is 3.49. The van der Waals surface area contributed by atoms with Crippen LogP contribution in [0.1, 0.15) is 18.4 Å². The number of H-pyrrole nitrogens is 1. The van der Waals surface area contributed by atoms with Gasteiger partial charge in [0.25, 0.3) is 0 Å². The minimum Gasteiger partial charge on any atom is -0.360 e. The molecule has 1 aliphatic rings. The average Bonchev–Trinajstić information content (AvgIpc) is 3.36. The highest BCUT2D eigenvalue weighted by atomic mass is 19.4. The zero-order valence-corrected chi connectivity index (χ0v) is 15.9. The number of anilines is 3. The highest BCUT2D eigenvalue weighted by molar-refractivity contribution is 5.88. The summed E-state index contributed by atoms with van der Waals surface area (Å²) in [4.78, 5) is 14.0. The van der Waals surface area contributed by atoms with E-state index in [4.69, 9.17) is 0 Å². The molecule has 6 nitrogen and oxygen atoms in total. The topological polar surface area (TPSA) is 68.9 Å². The molecule has 0 saturated carbocycles. The number of alkyl halides is 3. The monoisotopic (exact) mass is 404 g/mol. The number of aromatic nitrogens is 3. The number of hydrogen-bond donors (Lipinski definition) is 3. The maximum Gasteiger partial charge on any atom is 0.405 e. The van der Waals surface area contributed by atoms with Crippen LogP contribution in [0.15, 0.2) is 36.5 Å². The van der Waals surface area contributed by atoms with Gasteiger partial charge in [0.1, 0.15) is 18.0 Å². The van der Waals surface area contributed by atoms with Crippen molar-refractivity contribution in [3.8, 4) is 0 Å². The molecule has 0 radical (unpaired) electrons. The zero-order valence-electron chi connectivity index (χ0n) is 15.9.